The summed E-state index contributed by atoms with van der Waals surface area (Å²) in [6.45, 7) is 0. The van der Waals surface area contributed by atoms with Crippen molar-refractivity contribution in [3.05, 3.63) is 413 Å². The van der Waals surface area contributed by atoms with E-state index in [0.29, 0.717) is 23.3 Å². The summed E-state index contributed by atoms with van der Waals surface area (Å²) in [4.78, 5) is 42.0. The Morgan fingerprint density at radius 3 is 0.573 bits per heavy atom. The fourth-order valence-electron chi connectivity index (χ4n) is 16.8. The van der Waals surface area contributed by atoms with E-state index in [1.165, 1.54) is 52.2 Å². The van der Waals surface area contributed by atoms with Gasteiger partial charge in [0.15, 0.2) is 23.3 Å². The van der Waals surface area contributed by atoms with Crippen molar-refractivity contribution in [2.24, 2.45) is 0 Å². The maximum atomic E-state index is 5.33. The van der Waals surface area contributed by atoms with Crippen LogP contribution in [0.3, 0.4) is 0 Å². The molecule has 16 aromatic carbocycles. The van der Waals surface area contributed by atoms with E-state index in [1.807, 2.05) is 12.1 Å². The molecular weight excluding hydrogens is 1590 g/mol. The molecule has 0 aliphatic heterocycles. The van der Waals surface area contributed by atoms with Gasteiger partial charge >= 0.3 is 0 Å². The Morgan fingerprint density at radius 1 is 0.129 bits per heavy atom. The van der Waals surface area contributed by atoms with Crippen molar-refractivity contribution in [1.29, 1.82) is 0 Å². The largest absolute Gasteiger partial charge is 0.226 e. The van der Waals surface area contributed by atoms with E-state index in [2.05, 4.69) is 400 Å². The van der Waals surface area contributed by atoms with E-state index in [4.69, 9.17) is 39.9 Å². The highest BCUT2D eigenvalue weighted by molar-refractivity contribution is 7.27. The van der Waals surface area contributed by atoms with Gasteiger partial charge in [0.25, 0.3) is 0 Å². The SMILES string of the molecule is c1ccc(-c2ccc(-c3nc(-c4ccc(-c5cccc(-c6cccc(-c7nc(-c8ccc(-c9ccccc9)cc8)c8sc9ccccc9c8n7)c6)c5)cc4)nc4c3sc3ccccc34)cc2)cc1.c1ccc(-c2ccc(-c3nc(-c4ccc(-c5nc(-c6ccc(-c7ccccc7)cc6)nc6c5sc5ccccc56)cc4)c4sc5ccccc5c4n3)cc2)cc1. The molecule has 0 bridgehead atoms. The van der Waals surface area contributed by atoms with Gasteiger partial charge in [-0.05, 0) is 103 Å². The van der Waals surface area contributed by atoms with Crippen LogP contribution in [0.4, 0.5) is 0 Å². The van der Waals surface area contributed by atoms with Gasteiger partial charge in [0.2, 0.25) is 0 Å². The molecule has 8 heterocycles. The summed E-state index contributed by atoms with van der Waals surface area (Å²) in [6.07, 6.45) is 0. The molecule has 24 rings (SSSR count). The van der Waals surface area contributed by atoms with Gasteiger partial charge in [0.1, 0.15) is 0 Å². The molecule has 12 heteroatoms. The van der Waals surface area contributed by atoms with E-state index in [-0.39, 0.29) is 0 Å². The first-order chi connectivity index (χ1) is 61.4. The van der Waals surface area contributed by atoms with E-state index in [0.717, 1.165) is 163 Å². The van der Waals surface area contributed by atoms with Crippen LogP contribution >= 0.6 is 45.3 Å². The monoisotopic (exact) mass is 1650 g/mol. The van der Waals surface area contributed by atoms with Gasteiger partial charge in [-0.1, -0.05) is 376 Å². The van der Waals surface area contributed by atoms with Gasteiger partial charge in [-0.2, -0.15) is 0 Å². The minimum Gasteiger partial charge on any atom is -0.226 e. The molecular formula is C112H68N8S4. The quantitative estimate of drug-likeness (QED) is 0.106. The van der Waals surface area contributed by atoms with Gasteiger partial charge in [0.05, 0.1) is 63.6 Å². The zero-order chi connectivity index (χ0) is 82.0. The van der Waals surface area contributed by atoms with Crippen LogP contribution in [0.25, 0.3) is 239 Å². The first kappa shape index (κ1) is 73.8. The van der Waals surface area contributed by atoms with Crippen LogP contribution in [-0.4, -0.2) is 39.9 Å². The highest BCUT2D eigenvalue weighted by atomic mass is 32.1. The average Bonchev–Trinajstić information content (AvgIpc) is 1.63. The van der Waals surface area contributed by atoms with Gasteiger partial charge < -0.3 is 0 Å². The predicted molar refractivity (Wildman–Crippen MR) is 523 cm³/mol. The molecule has 0 unspecified atom stereocenters. The van der Waals surface area contributed by atoms with Crippen molar-refractivity contribution in [3.63, 3.8) is 0 Å². The Labute approximate surface area is 730 Å². The van der Waals surface area contributed by atoms with Gasteiger partial charge in [0, 0.05) is 84.9 Å². The van der Waals surface area contributed by atoms with Crippen LogP contribution in [0.5, 0.6) is 0 Å². The molecule has 24 aromatic rings. The number of nitrogens with zero attached hydrogens (tertiary/aromatic N) is 8. The van der Waals surface area contributed by atoms with Gasteiger partial charge in [-0.3, -0.25) is 0 Å². The van der Waals surface area contributed by atoms with Gasteiger partial charge in [-0.25, -0.2) is 39.9 Å². The summed E-state index contributed by atoms with van der Waals surface area (Å²) < 4.78 is 9.16. The average molecular weight is 1650 g/mol. The molecule has 0 saturated carbocycles. The topological polar surface area (TPSA) is 103 Å². The lowest BCUT2D eigenvalue weighted by Gasteiger charge is -2.11. The molecule has 0 spiro atoms. The number of benzene rings is 16. The number of rotatable bonds is 14. The van der Waals surface area contributed by atoms with Crippen molar-refractivity contribution in [3.8, 4) is 157 Å². The lowest BCUT2D eigenvalue weighted by molar-refractivity contribution is 1.23. The molecule has 124 heavy (non-hydrogen) atoms. The number of hydrogen-bond donors (Lipinski definition) is 0. The lowest BCUT2D eigenvalue weighted by atomic mass is 9.97. The van der Waals surface area contributed by atoms with Crippen LogP contribution < -0.4 is 0 Å². The van der Waals surface area contributed by atoms with Crippen LogP contribution in [0, 0.1) is 0 Å². The molecule has 0 atom stereocenters. The van der Waals surface area contributed by atoms with Crippen LogP contribution in [-0.2, 0) is 0 Å². The molecule has 0 saturated heterocycles. The lowest BCUT2D eigenvalue weighted by Crippen LogP contribution is -1.95. The van der Waals surface area contributed by atoms with Crippen molar-refractivity contribution >= 4 is 127 Å². The highest BCUT2D eigenvalue weighted by Gasteiger charge is 2.24. The van der Waals surface area contributed by atoms with E-state index < -0.39 is 0 Å². The number of thiophene rings is 4. The second-order valence-corrected chi connectivity index (χ2v) is 35.0. The molecule has 0 aliphatic carbocycles. The Kier molecular flexibility index (Phi) is 18.9. The summed E-state index contributed by atoms with van der Waals surface area (Å²) in [5.74, 6) is 2.85. The third-order valence-corrected chi connectivity index (χ3v) is 27.8. The fourth-order valence-corrected chi connectivity index (χ4v) is 21.4. The van der Waals surface area contributed by atoms with E-state index in [1.54, 1.807) is 45.3 Å². The van der Waals surface area contributed by atoms with Crippen molar-refractivity contribution in [1.82, 2.24) is 39.9 Å². The first-order valence-electron chi connectivity index (χ1n) is 41.2. The van der Waals surface area contributed by atoms with E-state index >= 15 is 0 Å². The first-order valence-corrected chi connectivity index (χ1v) is 44.5. The zero-order valence-corrected chi connectivity index (χ0v) is 69.7. The Morgan fingerprint density at radius 2 is 0.306 bits per heavy atom. The Bertz CT molecular complexity index is 7940. The molecule has 0 aliphatic rings. The molecule has 0 radical (unpaired) electrons. The minimum atomic E-state index is 0.708. The predicted octanol–water partition coefficient (Wildman–Crippen LogP) is 31.3. The van der Waals surface area contributed by atoms with Crippen molar-refractivity contribution < 1.29 is 0 Å². The number of aromatic nitrogens is 8. The normalized spacial score (nSPS) is 11.5. The Hall–Kier alpha value is -15.3. The molecule has 580 valence electrons. The van der Waals surface area contributed by atoms with Gasteiger partial charge in [-0.15, -0.1) is 45.3 Å². The summed E-state index contributed by atoms with van der Waals surface area (Å²) in [5, 5.41) is 4.59. The van der Waals surface area contributed by atoms with Crippen molar-refractivity contribution in [2.45, 2.75) is 0 Å². The van der Waals surface area contributed by atoms with Crippen LogP contribution in [0.1, 0.15) is 0 Å². The van der Waals surface area contributed by atoms with E-state index in [9.17, 15) is 0 Å². The standard InChI is InChI=1S/C62H38N4S2.C50H30N4S2/c1-3-13-39(14-4-1)41-25-31-44(32-26-41)55-59-57(51-21-7-9-23-53(51)67-59)65-61(63-55)46-35-29-43(30-36-46)47-17-11-18-48(37-47)49-19-12-20-50(38-49)62-64-56(60-58(66-62)52-22-8-10-24-54(52)68-60)45-33-27-42(28-34-45)40-15-5-2-6-16-40;1-3-11-31(12-4-1)33-19-27-37(28-20-33)49-51-43(47-45(53-49)39-15-7-9-17-41(39)55-47)35-23-25-36(26-24-35)44-48-46(40-16-8-10-18-42(40)56-48)54-50(52-44)38-29-21-34(22-30-38)32-13-5-2-6-14-32/h1-38H;1-30H. The highest BCUT2D eigenvalue weighted by Crippen LogP contribution is 2.47. The van der Waals surface area contributed by atoms with Crippen LogP contribution in [0.2, 0.25) is 0 Å². The molecule has 8 nitrogen and oxygen atoms in total. The minimum absolute atomic E-state index is 0.708. The summed E-state index contributed by atoms with van der Waals surface area (Å²) in [5.41, 5.74) is 29.7. The number of fused-ring (bicyclic) bond motifs is 12. The van der Waals surface area contributed by atoms with Crippen molar-refractivity contribution in [2.75, 3.05) is 0 Å². The zero-order valence-electron chi connectivity index (χ0n) is 66.5. The fraction of sp³-hybridized carbons (Fsp3) is 0. The smallest absolute Gasteiger partial charge is 0.160 e. The number of hydrogen-bond acceptors (Lipinski definition) is 12. The third kappa shape index (κ3) is 13.9. The summed E-state index contributed by atoms with van der Waals surface area (Å²) >= 11 is 7.00. The second kappa shape index (κ2) is 31.7. The molecule has 0 N–H and O–H groups in total. The van der Waals surface area contributed by atoms with Crippen LogP contribution in [0.15, 0.2) is 413 Å². The molecule has 8 aromatic heterocycles. The molecule has 0 fully saturated rings. The third-order valence-electron chi connectivity index (χ3n) is 23.1. The maximum Gasteiger partial charge on any atom is 0.160 e. The Balaban J connectivity index is 0.000000146. The second-order valence-electron chi connectivity index (χ2n) is 30.8. The summed E-state index contributed by atoms with van der Waals surface area (Å²) in [7, 11) is 0. The molecule has 0 amide bonds. The summed E-state index contributed by atoms with van der Waals surface area (Å²) in [6, 6.07) is 145. The maximum absolute atomic E-state index is 5.33.